The minimum atomic E-state index is -5.13. The average molecular weight is 288 g/mol. The Bertz CT molecular complexity index is 464. The predicted molar refractivity (Wildman–Crippen MR) is 51.8 cm³/mol. The molecule has 1 N–H and O–H groups in total. The molecule has 0 radical (unpaired) electrons. The molecule has 1 heterocycles. The molecule has 0 fully saturated rings. The van der Waals surface area contributed by atoms with Crippen LogP contribution < -0.4 is 4.74 Å². The Hall–Kier alpha value is -1.57. The van der Waals surface area contributed by atoms with E-state index in [-0.39, 0.29) is 11.6 Å². The third-order valence-electron chi connectivity index (χ3n) is 1.75. The molecule has 0 amide bonds. The van der Waals surface area contributed by atoms with Crippen molar-refractivity contribution in [2.45, 2.75) is 18.7 Å². The van der Waals surface area contributed by atoms with E-state index in [0.717, 1.165) is 6.07 Å². The van der Waals surface area contributed by atoms with E-state index in [1.807, 2.05) is 0 Å². The van der Waals surface area contributed by atoms with E-state index >= 15 is 0 Å². The van der Waals surface area contributed by atoms with Crippen LogP contribution >= 0.6 is 11.6 Å². The summed E-state index contributed by atoms with van der Waals surface area (Å²) in [7, 11) is 0. The van der Waals surface area contributed by atoms with E-state index in [1.54, 1.807) is 0 Å². The van der Waals surface area contributed by atoms with Crippen molar-refractivity contribution in [3.8, 4) is 5.88 Å². The van der Waals surface area contributed by atoms with E-state index in [1.165, 1.54) is 0 Å². The molecule has 1 rings (SSSR count). The summed E-state index contributed by atoms with van der Waals surface area (Å²) in [6.07, 6.45) is -5.92. The fraction of sp³-hybridized carbons (Fsp3) is 0.333. The number of ether oxygens (including phenoxy) is 1. The molecule has 0 atom stereocenters. The van der Waals surface area contributed by atoms with Crippen molar-refractivity contribution in [1.82, 2.24) is 4.98 Å². The van der Waals surface area contributed by atoms with Crippen LogP contribution in [0, 0.1) is 5.82 Å². The first kappa shape index (κ1) is 14.5. The highest BCUT2D eigenvalue weighted by molar-refractivity contribution is 6.16. The van der Waals surface area contributed by atoms with E-state index in [9.17, 15) is 22.4 Å². The maximum absolute atomic E-state index is 13.5. The van der Waals surface area contributed by atoms with Crippen molar-refractivity contribution in [2.24, 2.45) is 0 Å². The summed E-state index contributed by atoms with van der Waals surface area (Å²) >= 11 is 5.36. The number of aromatic nitrogens is 1. The van der Waals surface area contributed by atoms with Crippen molar-refractivity contribution in [1.29, 1.82) is 0 Å². The van der Waals surface area contributed by atoms with Crippen molar-refractivity contribution < 1.29 is 32.2 Å². The molecule has 9 heteroatoms. The van der Waals surface area contributed by atoms with Gasteiger partial charge in [-0.05, 0) is 6.07 Å². The Kier molecular flexibility index (Phi) is 4.33. The van der Waals surface area contributed by atoms with Gasteiger partial charge in [-0.25, -0.2) is 9.37 Å². The topological polar surface area (TPSA) is 59.4 Å². The van der Waals surface area contributed by atoms with Gasteiger partial charge >= 0.3 is 12.3 Å². The maximum atomic E-state index is 13.5. The number of nitrogens with zero attached hydrogens (tertiary/aromatic N) is 1. The summed E-state index contributed by atoms with van der Waals surface area (Å²) < 4.78 is 52.8. The van der Waals surface area contributed by atoms with Crippen LogP contribution in [0.3, 0.4) is 0 Å². The third kappa shape index (κ3) is 4.02. The largest absolute Gasteiger partial charge is 0.574 e. The van der Waals surface area contributed by atoms with Gasteiger partial charge in [0.15, 0.2) is 5.82 Å². The normalized spacial score (nSPS) is 11.4. The quantitative estimate of drug-likeness (QED) is 0.683. The number of hydrogen-bond donors (Lipinski definition) is 1. The Morgan fingerprint density at radius 2 is 2.11 bits per heavy atom. The smallest absolute Gasteiger partial charge is 0.481 e. The van der Waals surface area contributed by atoms with Crippen LogP contribution in [0.25, 0.3) is 0 Å². The van der Waals surface area contributed by atoms with Crippen LogP contribution in [0.5, 0.6) is 5.88 Å². The first-order valence-corrected chi connectivity index (χ1v) is 4.98. The van der Waals surface area contributed by atoms with Gasteiger partial charge in [-0.1, -0.05) is 0 Å². The number of carbonyl (C=O) groups is 1. The molecular formula is C9H6ClF4NO3. The zero-order valence-corrected chi connectivity index (χ0v) is 9.35. The molecule has 0 aromatic carbocycles. The monoisotopic (exact) mass is 287 g/mol. The van der Waals surface area contributed by atoms with Gasteiger partial charge in [0.05, 0.1) is 18.0 Å². The van der Waals surface area contributed by atoms with Crippen molar-refractivity contribution in [3.63, 3.8) is 0 Å². The van der Waals surface area contributed by atoms with Gasteiger partial charge in [0, 0.05) is 5.56 Å². The molecular weight excluding hydrogens is 282 g/mol. The molecule has 0 aliphatic heterocycles. The standard InChI is InChI=1S/C9H6ClF4NO3/c10-3-5-1-4(2-6(16)17)7(11)8(15-5)18-9(12,13)14/h1H,2-3H2,(H,16,17). The van der Waals surface area contributed by atoms with Gasteiger partial charge in [-0.2, -0.15) is 0 Å². The van der Waals surface area contributed by atoms with Crippen LogP contribution in [0.4, 0.5) is 17.6 Å². The molecule has 0 unspecified atom stereocenters. The summed E-state index contributed by atoms with van der Waals surface area (Å²) in [4.78, 5) is 13.6. The minimum Gasteiger partial charge on any atom is -0.481 e. The number of aliphatic carboxylic acids is 1. The van der Waals surface area contributed by atoms with Gasteiger partial charge < -0.3 is 9.84 Å². The molecule has 0 saturated carbocycles. The second kappa shape index (κ2) is 5.38. The predicted octanol–water partition coefficient (Wildman–Crippen LogP) is 2.49. The Morgan fingerprint density at radius 3 is 2.56 bits per heavy atom. The number of carboxylic acids is 1. The lowest BCUT2D eigenvalue weighted by Gasteiger charge is -2.11. The lowest BCUT2D eigenvalue weighted by atomic mass is 10.1. The molecule has 4 nitrogen and oxygen atoms in total. The number of hydrogen-bond acceptors (Lipinski definition) is 3. The number of rotatable bonds is 4. The zero-order valence-electron chi connectivity index (χ0n) is 8.59. The Labute approximate surface area is 103 Å². The molecule has 0 bridgehead atoms. The number of alkyl halides is 4. The van der Waals surface area contributed by atoms with Crippen LogP contribution in [0.2, 0.25) is 0 Å². The van der Waals surface area contributed by atoms with E-state index < -0.39 is 36.0 Å². The van der Waals surface area contributed by atoms with Crippen molar-refractivity contribution in [3.05, 3.63) is 23.1 Å². The fourth-order valence-electron chi connectivity index (χ4n) is 1.15. The molecule has 18 heavy (non-hydrogen) atoms. The van der Waals surface area contributed by atoms with Gasteiger partial charge in [-0.15, -0.1) is 24.8 Å². The second-order valence-electron chi connectivity index (χ2n) is 3.14. The van der Waals surface area contributed by atoms with Crippen LogP contribution in [-0.2, 0) is 17.1 Å². The second-order valence-corrected chi connectivity index (χ2v) is 3.41. The summed E-state index contributed by atoms with van der Waals surface area (Å²) in [6.45, 7) is 0. The van der Waals surface area contributed by atoms with Gasteiger partial charge in [0.25, 0.3) is 5.88 Å². The van der Waals surface area contributed by atoms with Crippen molar-refractivity contribution in [2.75, 3.05) is 0 Å². The summed E-state index contributed by atoms with van der Waals surface area (Å²) in [5.41, 5.74) is -0.596. The third-order valence-corrected chi connectivity index (χ3v) is 2.02. The number of pyridine rings is 1. The van der Waals surface area contributed by atoms with E-state index in [0.29, 0.717) is 0 Å². The highest BCUT2D eigenvalue weighted by atomic mass is 35.5. The van der Waals surface area contributed by atoms with Crippen LogP contribution in [0.1, 0.15) is 11.3 Å². The lowest BCUT2D eigenvalue weighted by Crippen LogP contribution is -2.20. The summed E-state index contributed by atoms with van der Waals surface area (Å²) in [5.74, 6) is -4.51. The molecule has 0 aliphatic rings. The maximum Gasteiger partial charge on any atom is 0.574 e. The van der Waals surface area contributed by atoms with Crippen LogP contribution in [-0.4, -0.2) is 22.4 Å². The first-order valence-electron chi connectivity index (χ1n) is 4.44. The number of halogens is 5. The van der Waals surface area contributed by atoms with Gasteiger partial charge in [0.1, 0.15) is 0 Å². The average Bonchev–Trinajstić information content (AvgIpc) is 2.21. The van der Waals surface area contributed by atoms with Gasteiger partial charge in [0.2, 0.25) is 0 Å². The fourth-order valence-corrected chi connectivity index (χ4v) is 1.29. The molecule has 0 aliphatic carbocycles. The minimum absolute atomic E-state index is 0.117. The van der Waals surface area contributed by atoms with Crippen LogP contribution in [0.15, 0.2) is 6.07 Å². The highest BCUT2D eigenvalue weighted by Gasteiger charge is 2.34. The molecule has 100 valence electrons. The van der Waals surface area contributed by atoms with Gasteiger partial charge in [-0.3, -0.25) is 4.79 Å². The Balaban J connectivity index is 3.20. The Morgan fingerprint density at radius 1 is 1.50 bits per heavy atom. The SMILES string of the molecule is O=C(O)Cc1cc(CCl)nc(OC(F)(F)F)c1F. The lowest BCUT2D eigenvalue weighted by molar-refractivity contribution is -0.277. The molecule has 0 spiro atoms. The molecule has 0 saturated heterocycles. The van der Waals surface area contributed by atoms with E-state index in [4.69, 9.17) is 16.7 Å². The summed E-state index contributed by atoms with van der Waals surface area (Å²) in [5, 5.41) is 8.50. The molecule has 1 aromatic heterocycles. The zero-order chi connectivity index (χ0) is 13.9. The summed E-state index contributed by atoms with van der Waals surface area (Å²) in [6, 6.07) is 0.972. The van der Waals surface area contributed by atoms with Crippen molar-refractivity contribution >= 4 is 17.6 Å². The molecule has 1 aromatic rings. The van der Waals surface area contributed by atoms with E-state index in [2.05, 4.69) is 9.72 Å². The first-order chi connectivity index (χ1) is 8.23. The number of carboxylic acid groups (broad SMARTS) is 1. The highest BCUT2D eigenvalue weighted by Crippen LogP contribution is 2.27.